The number of amides is 2. The van der Waals surface area contributed by atoms with Gasteiger partial charge in [-0.1, -0.05) is 26.0 Å². The van der Waals surface area contributed by atoms with Crippen LogP contribution in [0.25, 0.3) is 0 Å². The molecule has 138 valence electrons. The van der Waals surface area contributed by atoms with Crippen molar-refractivity contribution in [1.82, 2.24) is 20.6 Å². The fourth-order valence-electron chi connectivity index (χ4n) is 2.20. The van der Waals surface area contributed by atoms with E-state index in [0.29, 0.717) is 18.2 Å². The maximum absolute atomic E-state index is 12.1. The van der Waals surface area contributed by atoms with Gasteiger partial charge in [0.1, 0.15) is 11.4 Å². The fraction of sp³-hybridized carbons (Fsp3) is 0.368. The van der Waals surface area contributed by atoms with E-state index in [0.717, 1.165) is 0 Å². The van der Waals surface area contributed by atoms with E-state index in [2.05, 4.69) is 34.4 Å². The minimum absolute atomic E-state index is 0.236. The van der Waals surface area contributed by atoms with Gasteiger partial charge in [-0.05, 0) is 30.5 Å². The number of ether oxygens (including phenoxy) is 1. The van der Waals surface area contributed by atoms with Crippen molar-refractivity contribution in [3.63, 3.8) is 0 Å². The van der Waals surface area contributed by atoms with Crippen LogP contribution in [0.15, 0.2) is 42.9 Å². The van der Waals surface area contributed by atoms with Gasteiger partial charge >= 0.3 is 0 Å². The maximum atomic E-state index is 12.1. The summed E-state index contributed by atoms with van der Waals surface area (Å²) in [5.41, 5.74) is 1.45. The third kappa shape index (κ3) is 5.84. The van der Waals surface area contributed by atoms with Crippen LogP contribution in [0.1, 0.15) is 42.7 Å². The lowest BCUT2D eigenvalue weighted by atomic mass is 10.0. The molecule has 26 heavy (non-hydrogen) atoms. The summed E-state index contributed by atoms with van der Waals surface area (Å²) in [5, 5.41) is 5.39. The number of rotatable bonds is 8. The second-order valence-corrected chi connectivity index (χ2v) is 6.12. The molecule has 0 aliphatic rings. The number of carbonyl (C=O) groups excluding carboxylic acids is 2. The third-order valence-corrected chi connectivity index (χ3v) is 3.73. The first-order valence-electron chi connectivity index (χ1n) is 8.56. The molecule has 1 unspecified atom stereocenters. The molecular formula is C19H24N4O3. The van der Waals surface area contributed by atoms with E-state index in [9.17, 15) is 9.59 Å². The molecule has 7 heteroatoms. The van der Waals surface area contributed by atoms with Crippen LogP contribution in [0.5, 0.6) is 5.75 Å². The molecule has 2 rings (SSSR count). The number of nitrogens with zero attached hydrogens (tertiary/aromatic N) is 2. The van der Waals surface area contributed by atoms with Crippen molar-refractivity contribution in [3.8, 4) is 5.75 Å². The quantitative estimate of drug-likeness (QED) is 0.705. The molecule has 1 heterocycles. The van der Waals surface area contributed by atoms with E-state index in [4.69, 9.17) is 4.74 Å². The first kappa shape index (κ1) is 19.4. The third-order valence-electron chi connectivity index (χ3n) is 3.73. The number of aromatic nitrogens is 2. The summed E-state index contributed by atoms with van der Waals surface area (Å²) in [5.74, 6) is 0.517. The van der Waals surface area contributed by atoms with Gasteiger partial charge in [-0.25, -0.2) is 4.98 Å². The van der Waals surface area contributed by atoms with Crippen LogP contribution in [0, 0.1) is 0 Å². The Balaban J connectivity index is 1.71. The molecular weight excluding hydrogens is 332 g/mol. The summed E-state index contributed by atoms with van der Waals surface area (Å²) >= 11 is 0. The van der Waals surface area contributed by atoms with Crippen molar-refractivity contribution in [2.24, 2.45) is 0 Å². The monoisotopic (exact) mass is 356 g/mol. The minimum Gasteiger partial charge on any atom is -0.481 e. The van der Waals surface area contributed by atoms with Gasteiger partial charge in [-0.3, -0.25) is 14.6 Å². The summed E-state index contributed by atoms with van der Waals surface area (Å²) in [6.45, 7) is 6.51. The fourth-order valence-corrected chi connectivity index (χ4v) is 2.20. The molecule has 1 aromatic heterocycles. The molecule has 2 amide bonds. The Labute approximate surface area is 153 Å². The van der Waals surface area contributed by atoms with Crippen molar-refractivity contribution in [1.29, 1.82) is 0 Å². The first-order valence-corrected chi connectivity index (χ1v) is 8.56. The number of hydrogen-bond donors (Lipinski definition) is 2. The van der Waals surface area contributed by atoms with Gasteiger partial charge < -0.3 is 15.4 Å². The van der Waals surface area contributed by atoms with E-state index in [1.807, 2.05) is 24.3 Å². The van der Waals surface area contributed by atoms with Crippen molar-refractivity contribution >= 4 is 11.8 Å². The van der Waals surface area contributed by atoms with Crippen LogP contribution in [-0.4, -0.2) is 41.0 Å². The van der Waals surface area contributed by atoms with Gasteiger partial charge in [-0.15, -0.1) is 0 Å². The normalized spacial score (nSPS) is 11.7. The Morgan fingerprint density at radius 2 is 1.73 bits per heavy atom. The molecule has 0 aliphatic heterocycles. The van der Waals surface area contributed by atoms with Crippen LogP contribution >= 0.6 is 0 Å². The van der Waals surface area contributed by atoms with E-state index >= 15 is 0 Å². The Morgan fingerprint density at radius 3 is 2.35 bits per heavy atom. The largest absolute Gasteiger partial charge is 0.481 e. The van der Waals surface area contributed by atoms with Gasteiger partial charge in [0.25, 0.3) is 11.8 Å². The van der Waals surface area contributed by atoms with Crippen LogP contribution in [0.4, 0.5) is 0 Å². The molecule has 1 aromatic carbocycles. The van der Waals surface area contributed by atoms with Crippen molar-refractivity contribution < 1.29 is 14.3 Å². The molecule has 2 N–H and O–H groups in total. The molecule has 0 spiro atoms. The molecule has 2 aromatic rings. The molecule has 1 atom stereocenters. The van der Waals surface area contributed by atoms with Gasteiger partial charge in [0.15, 0.2) is 6.10 Å². The second kappa shape index (κ2) is 9.50. The van der Waals surface area contributed by atoms with Crippen LogP contribution < -0.4 is 15.4 Å². The highest BCUT2D eigenvalue weighted by Crippen LogP contribution is 2.19. The van der Waals surface area contributed by atoms with E-state index in [-0.39, 0.29) is 24.1 Å². The number of benzene rings is 1. The highest BCUT2D eigenvalue weighted by molar-refractivity contribution is 5.91. The second-order valence-electron chi connectivity index (χ2n) is 6.12. The van der Waals surface area contributed by atoms with Crippen LogP contribution in [0.3, 0.4) is 0 Å². The molecule has 0 radical (unpaired) electrons. The first-order chi connectivity index (χ1) is 12.5. The zero-order valence-corrected chi connectivity index (χ0v) is 15.2. The summed E-state index contributed by atoms with van der Waals surface area (Å²) < 4.78 is 5.64. The highest BCUT2D eigenvalue weighted by Gasteiger charge is 2.14. The number of carbonyl (C=O) groups is 2. The predicted octanol–water partition coefficient (Wildman–Crippen LogP) is 1.91. The Morgan fingerprint density at radius 1 is 1.04 bits per heavy atom. The number of hydrogen-bond acceptors (Lipinski definition) is 5. The van der Waals surface area contributed by atoms with Crippen molar-refractivity contribution in [2.75, 3.05) is 13.1 Å². The average Bonchev–Trinajstić information content (AvgIpc) is 2.66. The predicted molar refractivity (Wildman–Crippen MR) is 98.0 cm³/mol. The summed E-state index contributed by atoms with van der Waals surface area (Å²) in [6, 6.07) is 7.71. The molecule has 0 bridgehead atoms. The number of nitrogens with one attached hydrogen (secondary N) is 2. The van der Waals surface area contributed by atoms with Gasteiger partial charge in [0, 0.05) is 25.5 Å². The molecule has 0 fully saturated rings. The van der Waals surface area contributed by atoms with E-state index in [1.54, 1.807) is 6.92 Å². The van der Waals surface area contributed by atoms with E-state index in [1.165, 1.54) is 24.2 Å². The van der Waals surface area contributed by atoms with Crippen molar-refractivity contribution in [2.45, 2.75) is 32.8 Å². The molecule has 0 saturated heterocycles. The lowest BCUT2D eigenvalue weighted by Gasteiger charge is -2.15. The lowest BCUT2D eigenvalue weighted by Crippen LogP contribution is -2.40. The highest BCUT2D eigenvalue weighted by atomic mass is 16.5. The zero-order chi connectivity index (χ0) is 18.9. The Bertz CT molecular complexity index is 717. The standard InChI is InChI=1S/C19H24N4O3/c1-13(2)15-4-6-16(7-5-15)26-14(3)18(24)22-10-11-23-19(25)17-12-20-8-9-21-17/h4-9,12-14H,10-11H2,1-3H3,(H,22,24)(H,23,25). The topological polar surface area (TPSA) is 93.2 Å². The lowest BCUT2D eigenvalue weighted by molar-refractivity contribution is -0.127. The molecule has 7 nitrogen and oxygen atoms in total. The maximum Gasteiger partial charge on any atom is 0.271 e. The molecule has 0 saturated carbocycles. The van der Waals surface area contributed by atoms with Gasteiger partial charge in [0.05, 0.1) is 6.20 Å². The Hall–Kier alpha value is -2.96. The summed E-state index contributed by atoms with van der Waals surface area (Å²) in [6.07, 6.45) is 3.70. The minimum atomic E-state index is -0.629. The Kier molecular flexibility index (Phi) is 7.08. The van der Waals surface area contributed by atoms with Gasteiger partial charge in [0.2, 0.25) is 0 Å². The average molecular weight is 356 g/mol. The van der Waals surface area contributed by atoms with Crippen molar-refractivity contribution in [3.05, 3.63) is 54.1 Å². The van der Waals surface area contributed by atoms with Crippen LogP contribution in [-0.2, 0) is 4.79 Å². The zero-order valence-electron chi connectivity index (χ0n) is 15.2. The molecule has 0 aliphatic carbocycles. The van der Waals surface area contributed by atoms with E-state index < -0.39 is 6.10 Å². The van der Waals surface area contributed by atoms with Crippen LogP contribution in [0.2, 0.25) is 0 Å². The smallest absolute Gasteiger partial charge is 0.271 e. The SMILES string of the molecule is CC(Oc1ccc(C(C)C)cc1)C(=O)NCCNC(=O)c1cnccn1. The van der Waals surface area contributed by atoms with Gasteiger partial charge in [-0.2, -0.15) is 0 Å². The summed E-state index contributed by atoms with van der Waals surface area (Å²) in [7, 11) is 0. The summed E-state index contributed by atoms with van der Waals surface area (Å²) in [4.78, 5) is 31.6.